The molecule has 0 fully saturated rings. The molecule has 1 aliphatic heterocycles. The molecule has 1 aliphatic rings. The summed E-state index contributed by atoms with van der Waals surface area (Å²) in [7, 11) is 1.67. The molecule has 0 amide bonds. The molecule has 0 bridgehead atoms. The van der Waals surface area contributed by atoms with E-state index in [9.17, 15) is 0 Å². The van der Waals surface area contributed by atoms with E-state index in [2.05, 4.69) is 46.0 Å². The largest absolute Gasteiger partial charge is 0.497 e. The molecule has 4 rings (SSSR count). The van der Waals surface area contributed by atoms with E-state index in [4.69, 9.17) is 4.74 Å². The Morgan fingerprint density at radius 1 is 1.09 bits per heavy atom. The number of thioether (sulfide) groups is 1. The second-order valence-electron chi connectivity index (χ2n) is 5.63. The lowest BCUT2D eigenvalue weighted by Gasteiger charge is -2.12. The summed E-state index contributed by atoms with van der Waals surface area (Å²) in [5.74, 6) is 4.11. The number of rotatable bonds is 2. The van der Waals surface area contributed by atoms with Gasteiger partial charge < -0.3 is 4.74 Å². The molecule has 116 valence electrons. The van der Waals surface area contributed by atoms with Crippen LogP contribution in [0.25, 0.3) is 17.1 Å². The van der Waals surface area contributed by atoms with Gasteiger partial charge in [0.25, 0.3) is 0 Å². The van der Waals surface area contributed by atoms with Gasteiger partial charge in [-0.05, 0) is 36.4 Å². The van der Waals surface area contributed by atoms with Crippen molar-refractivity contribution in [2.45, 2.75) is 17.7 Å². The molecule has 1 aromatic heterocycles. The number of ether oxygens (including phenoxy) is 1. The first kappa shape index (κ1) is 14.3. The molecule has 0 aliphatic carbocycles. The van der Waals surface area contributed by atoms with Crippen molar-refractivity contribution in [2.75, 3.05) is 12.9 Å². The van der Waals surface area contributed by atoms with E-state index in [1.807, 2.05) is 36.0 Å². The van der Waals surface area contributed by atoms with E-state index in [0.717, 1.165) is 34.4 Å². The normalized spacial score (nSPS) is 16.3. The van der Waals surface area contributed by atoms with Crippen molar-refractivity contribution < 1.29 is 4.74 Å². The van der Waals surface area contributed by atoms with Crippen LogP contribution in [0, 0.1) is 0 Å². The Balaban J connectivity index is 1.92. The Kier molecular flexibility index (Phi) is 3.58. The maximum Gasteiger partial charge on any atom is 0.168 e. The summed E-state index contributed by atoms with van der Waals surface area (Å²) in [4.78, 5) is 1.27. The molecule has 1 atom stereocenters. The number of aromatic nitrogens is 3. The summed E-state index contributed by atoms with van der Waals surface area (Å²) in [5, 5.41) is 8.96. The molecule has 0 N–H and O–H groups in total. The highest BCUT2D eigenvalue weighted by molar-refractivity contribution is 7.99. The third kappa shape index (κ3) is 2.41. The van der Waals surface area contributed by atoms with Gasteiger partial charge in [0.15, 0.2) is 5.82 Å². The fourth-order valence-corrected chi connectivity index (χ4v) is 3.89. The lowest BCUT2D eigenvalue weighted by Crippen LogP contribution is -2.05. The van der Waals surface area contributed by atoms with E-state index in [-0.39, 0.29) is 0 Å². The average Bonchev–Trinajstić information content (AvgIpc) is 2.99. The number of benzene rings is 2. The summed E-state index contributed by atoms with van der Waals surface area (Å²) in [6.45, 7) is 2.21. The van der Waals surface area contributed by atoms with Gasteiger partial charge in [-0.1, -0.05) is 19.1 Å². The molecule has 3 aromatic rings. The number of methoxy groups -OCH3 is 1. The van der Waals surface area contributed by atoms with Crippen molar-refractivity contribution in [2.24, 2.45) is 0 Å². The predicted molar refractivity (Wildman–Crippen MR) is 92.5 cm³/mol. The fraction of sp³-hybridized carbons (Fsp3) is 0.222. The monoisotopic (exact) mass is 323 g/mol. The average molecular weight is 323 g/mol. The van der Waals surface area contributed by atoms with E-state index in [1.54, 1.807) is 7.11 Å². The van der Waals surface area contributed by atoms with Crippen molar-refractivity contribution in [3.05, 3.63) is 54.4 Å². The minimum absolute atomic E-state index is 0.354. The van der Waals surface area contributed by atoms with Crippen LogP contribution in [0.4, 0.5) is 0 Å². The van der Waals surface area contributed by atoms with Crippen LogP contribution in [0.15, 0.2) is 53.4 Å². The highest BCUT2D eigenvalue weighted by atomic mass is 32.2. The summed E-state index contributed by atoms with van der Waals surface area (Å²) >= 11 is 1.88. The summed E-state index contributed by atoms with van der Waals surface area (Å²) in [6, 6.07) is 16.4. The summed E-state index contributed by atoms with van der Waals surface area (Å²) in [5.41, 5.74) is 2.20. The van der Waals surface area contributed by atoms with Gasteiger partial charge in [-0.25, -0.2) is 0 Å². The van der Waals surface area contributed by atoms with Gasteiger partial charge >= 0.3 is 0 Å². The third-order valence-corrected chi connectivity index (χ3v) is 5.39. The first-order valence-electron chi connectivity index (χ1n) is 7.60. The van der Waals surface area contributed by atoms with E-state index < -0.39 is 0 Å². The van der Waals surface area contributed by atoms with Crippen molar-refractivity contribution >= 4 is 11.8 Å². The first-order chi connectivity index (χ1) is 11.3. The van der Waals surface area contributed by atoms with Crippen molar-refractivity contribution in [3.63, 3.8) is 0 Å². The van der Waals surface area contributed by atoms with Gasteiger partial charge in [0.1, 0.15) is 11.6 Å². The molecule has 0 radical (unpaired) electrons. The predicted octanol–water partition coefficient (Wildman–Crippen LogP) is 4.15. The topological polar surface area (TPSA) is 39.9 Å². The first-order valence-corrected chi connectivity index (χ1v) is 8.58. The Morgan fingerprint density at radius 2 is 1.87 bits per heavy atom. The van der Waals surface area contributed by atoms with Crippen LogP contribution in [0.1, 0.15) is 18.7 Å². The van der Waals surface area contributed by atoms with Crippen molar-refractivity contribution in [3.8, 4) is 22.8 Å². The van der Waals surface area contributed by atoms with Crippen molar-refractivity contribution in [1.82, 2.24) is 14.8 Å². The molecule has 2 aromatic carbocycles. The van der Waals surface area contributed by atoms with Gasteiger partial charge in [0.2, 0.25) is 0 Å². The molecule has 0 spiro atoms. The maximum atomic E-state index is 5.25. The number of nitrogens with zero attached hydrogens (tertiary/aromatic N) is 3. The highest BCUT2D eigenvalue weighted by Crippen LogP contribution is 2.38. The quantitative estimate of drug-likeness (QED) is 0.710. The SMILES string of the molecule is COc1ccc(-c2nnc3n2-c2ccccc2SC[C@@H]3C)cc1. The van der Waals surface area contributed by atoms with E-state index >= 15 is 0 Å². The van der Waals surface area contributed by atoms with Crippen molar-refractivity contribution in [1.29, 1.82) is 0 Å². The van der Waals surface area contributed by atoms with Crippen LogP contribution in [0.3, 0.4) is 0 Å². The van der Waals surface area contributed by atoms with Crippen LogP contribution >= 0.6 is 11.8 Å². The smallest absolute Gasteiger partial charge is 0.168 e. The third-order valence-electron chi connectivity index (χ3n) is 4.07. The number of hydrogen-bond donors (Lipinski definition) is 0. The van der Waals surface area contributed by atoms with Crippen LogP contribution in [-0.4, -0.2) is 27.6 Å². The lowest BCUT2D eigenvalue weighted by molar-refractivity contribution is 0.415. The van der Waals surface area contributed by atoms with E-state index in [0.29, 0.717) is 5.92 Å². The van der Waals surface area contributed by atoms with Crippen LogP contribution in [-0.2, 0) is 0 Å². The Hall–Kier alpha value is -2.27. The molecule has 2 heterocycles. The van der Waals surface area contributed by atoms with Gasteiger partial charge in [-0.15, -0.1) is 22.0 Å². The van der Waals surface area contributed by atoms with Crippen LogP contribution in [0.5, 0.6) is 5.75 Å². The Morgan fingerprint density at radius 3 is 2.65 bits per heavy atom. The van der Waals surface area contributed by atoms with Gasteiger partial charge in [0.05, 0.1) is 12.8 Å². The van der Waals surface area contributed by atoms with Gasteiger partial charge in [-0.2, -0.15) is 0 Å². The molecular weight excluding hydrogens is 306 g/mol. The molecule has 5 heteroatoms. The molecule has 23 heavy (non-hydrogen) atoms. The summed E-state index contributed by atoms with van der Waals surface area (Å²) < 4.78 is 7.44. The highest BCUT2D eigenvalue weighted by Gasteiger charge is 2.25. The molecule has 0 unspecified atom stereocenters. The second-order valence-corrected chi connectivity index (χ2v) is 6.69. The zero-order chi connectivity index (χ0) is 15.8. The number of para-hydroxylation sites is 1. The standard InChI is InChI=1S/C18H17N3OS/c1-12-11-23-16-6-4-3-5-15(16)21-17(12)19-20-18(21)13-7-9-14(22-2)10-8-13/h3-10,12H,11H2,1-2H3/t12-/m0/s1. The lowest BCUT2D eigenvalue weighted by atomic mass is 10.1. The molecule has 0 saturated heterocycles. The maximum absolute atomic E-state index is 5.25. The van der Waals surface area contributed by atoms with Gasteiger partial charge in [-0.3, -0.25) is 4.57 Å². The Bertz CT molecular complexity index is 842. The summed E-state index contributed by atoms with van der Waals surface area (Å²) in [6.07, 6.45) is 0. The zero-order valence-electron chi connectivity index (χ0n) is 13.1. The number of fused-ring (bicyclic) bond motifs is 3. The van der Waals surface area contributed by atoms with E-state index in [1.165, 1.54) is 4.90 Å². The Labute approximate surface area is 139 Å². The zero-order valence-corrected chi connectivity index (χ0v) is 13.9. The van der Waals surface area contributed by atoms with Gasteiger partial charge in [0, 0.05) is 22.1 Å². The molecular formula is C18H17N3OS. The minimum Gasteiger partial charge on any atom is -0.497 e. The fourth-order valence-electron chi connectivity index (χ4n) is 2.83. The molecule has 0 saturated carbocycles. The number of hydrogen-bond acceptors (Lipinski definition) is 4. The molecule has 4 nitrogen and oxygen atoms in total. The van der Waals surface area contributed by atoms with Crippen LogP contribution in [0.2, 0.25) is 0 Å². The second kappa shape index (κ2) is 5.74. The minimum atomic E-state index is 0.354. The van der Waals surface area contributed by atoms with Crippen LogP contribution < -0.4 is 4.74 Å².